The Morgan fingerprint density at radius 3 is 2.77 bits per heavy atom. The number of methoxy groups -OCH3 is 1. The SMILES string of the molecule is COc1ccc(N2C[C@@]34C=C[C@H](O3)[C@@H](C(=O)O)[C@H]4C2=O)cc1. The van der Waals surface area contributed by atoms with Gasteiger partial charge in [0.05, 0.1) is 25.7 Å². The predicted octanol–water partition coefficient (Wildman–Crippen LogP) is 1.07. The lowest BCUT2D eigenvalue weighted by Gasteiger charge is -2.21. The largest absolute Gasteiger partial charge is 0.497 e. The van der Waals surface area contributed by atoms with E-state index >= 15 is 0 Å². The highest BCUT2D eigenvalue weighted by Gasteiger charge is 2.67. The smallest absolute Gasteiger partial charge is 0.310 e. The maximum atomic E-state index is 12.8. The normalized spacial score (nSPS) is 35.0. The van der Waals surface area contributed by atoms with Crippen molar-refractivity contribution in [2.45, 2.75) is 11.7 Å². The van der Waals surface area contributed by atoms with E-state index in [4.69, 9.17) is 9.47 Å². The van der Waals surface area contributed by atoms with E-state index in [0.29, 0.717) is 12.3 Å². The Morgan fingerprint density at radius 1 is 1.41 bits per heavy atom. The number of benzene rings is 1. The lowest BCUT2D eigenvalue weighted by molar-refractivity contribution is -0.146. The molecule has 4 rings (SSSR count). The zero-order chi connectivity index (χ0) is 15.5. The fraction of sp³-hybridized carbons (Fsp3) is 0.375. The highest BCUT2D eigenvalue weighted by molar-refractivity contribution is 6.02. The Labute approximate surface area is 126 Å². The molecule has 0 radical (unpaired) electrons. The molecule has 114 valence electrons. The number of hydrogen-bond acceptors (Lipinski definition) is 4. The van der Waals surface area contributed by atoms with Gasteiger partial charge in [-0.15, -0.1) is 0 Å². The van der Waals surface area contributed by atoms with E-state index in [9.17, 15) is 14.7 Å². The van der Waals surface area contributed by atoms with Crippen molar-refractivity contribution in [3.63, 3.8) is 0 Å². The maximum Gasteiger partial charge on any atom is 0.310 e. The van der Waals surface area contributed by atoms with E-state index < -0.39 is 29.5 Å². The average Bonchev–Trinajstić information content (AvgIpc) is 3.15. The Hall–Kier alpha value is -2.34. The van der Waals surface area contributed by atoms with Gasteiger partial charge in [-0.2, -0.15) is 0 Å². The molecule has 3 heterocycles. The van der Waals surface area contributed by atoms with Gasteiger partial charge in [0.1, 0.15) is 17.3 Å². The first-order valence-electron chi connectivity index (χ1n) is 7.11. The zero-order valence-corrected chi connectivity index (χ0v) is 11.9. The number of aliphatic carboxylic acids is 1. The number of amides is 1. The summed E-state index contributed by atoms with van der Waals surface area (Å²) >= 11 is 0. The molecule has 1 aromatic carbocycles. The van der Waals surface area contributed by atoms with Gasteiger partial charge in [-0.1, -0.05) is 12.2 Å². The van der Waals surface area contributed by atoms with Crippen LogP contribution in [0.15, 0.2) is 36.4 Å². The molecule has 0 aliphatic carbocycles. The summed E-state index contributed by atoms with van der Waals surface area (Å²) in [6, 6.07) is 7.13. The molecule has 1 N–H and O–H groups in total. The van der Waals surface area contributed by atoms with E-state index in [1.807, 2.05) is 6.08 Å². The van der Waals surface area contributed by atoms with E-state index in [2.05, 4.69) is 0 Å². The van der Waals surface area contributed by atoms with Crippen LogP contribution in [-0.4, -0.2) is 42.3 Å². The molecule has 1 spiro atoms. The van der Waals surface area contributed by atoms with Crippen molar-refractivity contribution in [3.05, 3.63) is 36.4 Å². The van der Waals surface area contributed by atoms with Gasteiger partial charge in [0.15, 0.2) is 0 Å². The van der Waals surface area contributed by atoms with Crippen LogP contribution in [0.1, 0.15) is 0 Å². The number of carboxylic acids is 1. The number of hydrogen-bond donors (Lipinski definition) is 1. The van der Waals surface area contributed by atoms with Gasteiger partial charge in [0.25, 0.3) is 0 Å². The summed E-state index contributed by atoms with van der Waals surface area (Å²) in [5.41, 5.74) is -0.0794. The van der Waals surface area contributed by atoms with Crippen molar-refractivity contribution < 1.29 is 24.2 Å². The minimum Gasteiger partial charge on any atom is -0.497 e. The molecule has 1 amide bonds. The summed E-state index contributed by atoms with van der Waals surface area (Å²) in [6.07, 6.45) is 3.12. The van der Waals surface area contributed by atoms with Gasteiger partial charge >= 0.3 is 5.97 Å². The fourth-order valence-corrected chi connectivity index (χ4v) is 3.76. The first-order chi connectivity index (χ1) is 10.6. The van der Waals surface area contributed by atoms with Crippen LogP contribution in [0.5, 0.6) is 5.75 Å². The monoisotopic (exact) mass is 301 g/mol. The molecule has 1 aromatic rings. The molecule has 4 atom stereocenters. The van der Waals surface area contributed by atoms with Crippen molar-refractivity contribution in [1.29, 1.82) is 0 Å². The number of rotatable bonds is 3. The van der Waals surface area contributed by atoms with E-state index in [-0.39, 0.29) is 5.91 Å². The van der Waals surface area contributed by atoms with E-state index in [1.165, 1.54) is 0 Å². The highest BCUT2D eigenvalue weighted by atomic mass is 16.5. The molecule has 6 heteroatoms. The number of carbonyl (C=O) groups excluding carboxylic acids is 1. The van der Waals surface area contributed by atoms with Gasteiger partial charge in [-0.3, -0.25) is 9.59 Å². The molecule has 3 aliphatic rings. The number of fused-ring (bicyclic) bond motifs is 1. The lowest BCUT2D eigenvalue weighted by atomic mass is 9.77. The number of nitrogens with zero attached hydrogens (tertiary/aromatic N) is 1. The first kappa shape index (κ1) is 13.3. The molecule has 2 fully saturated rings. The quantitative estimate of drug-likeness (QED) is 0.845. The minimum atomic E-state index is -0.980. The Morgan fingerprint density at radius 2 is 2.14 bits per heavy atom. The molecule has 3 aliphatic heterocycles. The Kier molecular flexibility index (Phi) is 2.62. The van der Waals surface area contributed by atoms with Crippen LogP contribution in [-0.2, 0) is 14.3 Å². The van der Waals surface area contributed by atoms with Crippen molar-refractivity contribution in [2.24, 2.45) is 11.8 Å². The third-order valence-corrected chi connectivity index (χ3v) is 4.77. The van der Waals surface area contributed by atoms with Crippen molar-refractivity contribution in [2.75, 3.05) is 18.6 Å². The first-order valence-corrected chi connectivity index (χ1v) is 7.11. The molecule has 0 unspecified atom stereocenters. The molecule has 0 aromatic heterocycles. The van der Waals surface area contributed by atoms with Crippen molar-refractivity contribution in [1.82, 2.24) is 0 Å². The summed E-state index contributed by atoms with van der Waals surface area (Å²) in [5, 5.41) is 9.42. The van der Waals surface area contributed by atoms with Gasteiger partial charge in [-0.05, 0) is 24.3 Å². The minimum absolute atomic E-state index is 0.190. The van der Waals surface area contributed by atoms with Crippen LogP contribution < -0.4 is 9.64 Å². The second kappa shape index (κ2) is 4.33. The molecule has 0 saturated carbocycles. The molecule has 6 nitrogen and oxygen atoms in total. The molecule has 2 bridgehead atoms. The number of carboxylic acid groups (broad SMARTS) is 1. The Bertz CT molecular complexity index is 682. The standard InChI is InChI=1S/C16H15NO5/c1-21-10-4-2-9(3-5-10)17-8-16-7-6-11(22-16)12(15(19)20)13(16)14(17)18/h2-7,11-13H,8H2,1H3,(H,19,20)/t11-,12+,13-,16+/m0/s1. The molecule has 2 saturated heterocycles. The Balaban J connectivity index is 1.70. The summed E-state index contributed by atoms with van der Waals surface area (Å²) in [6.45, 7) is 0.347. The lowest BCUT2D eigenvalue weighted by Crippen LogP contribution is -2.39. The second-order valence-corrected chi connectivity index (χ2v) is 5.86. The van der Waals surface area contributed by atoms with E-state index in [0.717, 1.165) is 5.69 Å². The van der Waals surface area contributed by atoms with Crippen LogP contribution in [0.4, 0.5) is 5.69 Å². The van der Waals surface area contributed by atoms with Crippen molar-refractivity contribution in [3.8, 4) is 5.75 Å². The number of anilines is 1. The van der Waals surface area contributed by atoms with E-state index in [1.54, 1.807) is 42.4 Å². The van der Waals surface area contributed by atoms with Gasteiger partial charge in [0.2, 0.25) is 5.91 Å². The van der Waals surface area contributed by atoms with Crippen LogP contribution in [0.25, 0.3) is 0 Å². The van der Waals surface area contributed by atoms with Crippen LogP contribution >= 0.6 is 0 Å². The van der Waals surface area contributed by atoms with Gasteiger partial charge in [-0.25, -0.2) is 0 Å². The average molecular weight is 301 g/mol. The summed E-state index contributed by atoms with van der Waals surface area (Å²) < 4.78 is 11.0. The number of carbonyl (C=O) groups is 2. The maximum absolute atomic E-state index is 12.8. The molecular formula is C16H15NO5. The van der Waals surface area contributed by atoms with Gasteiger partial charge < -0.3 is 19.5 Å². The highest BCUT2D eigenvalue weighted by Crippen LogP contribution is 2.52. The van der Waals surface area contributed by atoms with Gasteiger partial charge in [0, 0.05) is 5.69 Å². The van der Waals surface area contributed by atoms with Crippen LogP contribution in [0.2, 0.25) is 0 Å². The van der Waals surface area contributed by atoms with Crippen LogP contribution in [0, 0.1) is 11.8 Å². The topological polar surface area (TPSA) is 76.1 Å². The van der Waals surface area contributed by atoms with Crippen LogP contribution in [0.3, 0.4) is 0 Å². The third-order valence-electron chi connectivity index (χ3n) is 4.77. The van der Waals surface area contributed by atoms with Crippen molar-refractivity contribution >= 4 is 17.6 Å². The third kappa shape index (κ3) is 1.58. The summed E-state index contributed by atoms with van der Waals surface area (Å²) in [7, 11) is 1.58. The summed E-state index contributed by atoms with van der Waals surface area (Å²) in [4.78, 5) is 25.9. The predicted molar refractivity (Wildman–Crippen MR) is 76.7 cm³/mol. The number of ether oxygens (including phenoxy) is 2. The summed E-state index contributed by atoms with van der Waals surface area (Å²) in [5.74, 6) is -1.92. The molecular weight excluding hydrogens is 286 g/mol. The zero-order valence-electron chi connectivity index (χ0n) is 11.9. The second-order valence-electron chi connectivity index (χ2n) is 5.86. The molecule has 22 heavy (non-hydrogen) atoms. The fourth-order valence-electron chi connectivity index (χ4n) is 3.76.